The smallest absolute Gasteiger partial charge is 0.320 e. The number of carbonyl (C=O) groups excluding carboxylic acids is 1. The summed E-state index contributed by atoms with van der Waals surface area (Å²) in [5.74, 6) is 0.503. The number of aryl methyl sites for hydroxylation is 2. The summed E-state index contributed by atoms with van der Waals surface area (Å²) < 4.78 is 3.73. The van der Waals surface area contributed by atoms with Crippen molar-refractivity contribution in [2.75, 3.05) is 5.32 Å². The molecule has 0 spiro atoms. The van der Waals surface area contributed by atoms with Crippen molar-refractivity contribution in [1.29, 1.82) is 0 Å². The molecular formula is C22H22N6O. The number of carbonyl (C=O) groups is 1. The molecule has 2 aromatic heterocycles. The Morgan fingerprint density at radius 3 is 2.62 bits per heavy atom. The van der Waals surface area contributed by atoms with E-state index in [0.29, 0.717) is 12.4 Å². The Labute approximate surface area is 169 Å². The van der Waals surface area contributed by atoms with Crippen LogP contribution in [0.3, 0.4) is 0 Å². The third-order valence-electron chi connectivity index (χ3n) is 4.62. The van der Waals surface area contributed by atoms with Crippen molar-refractivity contribution in [1.82, 2.24) is 24.6 Å². The molecule has 0 atom stereocenters. The van der Waals surface area contributed by atoms with Crippen molar-refractivity contribution in [2.45, 2.75) is 20.4 Å². The topological polar surface area (TPSA) is 76.8 Å². The van der Waals surface area contributed by atoms with Crippen LogP contribution < -0.4 is 10.6 Å². The van der Waals surface area contributed by atoms with Crippen LogP contribution >= 0.6 is 0 Å². The number of para-hydroxylation sites is 1. The summed E-state index contributed by atoms with van der Waals surface area (Å²) in [6.07, 6.45) is 5.34. The van der Waals surface area contributed by atoms with E-state index in [1.165, 1.54) is 5.56 Å². The Morgan fingerprint density at radius 2 is 1.86 bits per heavy atom. The van der Waals surface area contributed by atoms with Gasteiger partial charge in [-0.3, -0.25) is 5.32 Å². The first-order valence-electron chi connectivity index (χ1n) is 9.35. The number of anilines is 1. The van der Waals surface area contributed by atoms with Crippen LogP contribution in [0, 0.1) is 13.8 Å². The highest BCUT2D eigenvalue weighted by molar-refractivity contribution is 5.88. The van der Waals surface area contributed by atoms with Gasteiger partial charge in [0.05, 0.1) is 17.7 Å². The predicted molar refractivity (Wildman–Crippen MR) is 112 cm³/mol. The molecule has 4 aromatic rings. The molecule has 0 saturated heterocycles. The number of imidazole rings is 1. The number of hydrogen-bond acceptors (Lipinski definition) is 3. The average Bonchev–Trinajstić information content (AvgIpc) is 3.37. The van der Waals surface area contributed by atoms with Crippen LogP contribution in [0.5, 0.6) is 0 Å². The van der Waals surface area contributed by atoms with E-state index < -0.39 is 0 Å². The number of urea groups is 1. The van der Waals surface area contributed by atoms with Crippen molar-refractivity contribution in [3.05, 3.63) is 90.1 Å². The number of nitrogens with one attached hydrogen (secondary N) is 2. The molecule has 29 heavy (non-hydrogen) atoms. The SMILES string of the molecule is Cc1ccc(-n2nc(NC(=O)NCc3ccccc3-n3ccnc3)cc2C)cc1. The first kappa shape index (κ1) is 18.5. The second-order valence-corrected chi connectivity index (χ2v) is 6.82. The van der Waals surface area contributed by atoms with Crippen molar-refractivity contribution in [3.63, 3.8) is 0 Å². The summed E-state index contributed by atoms with van der Waals surface area (Å²) in [5, 5.41) is 10.2. The van der Waals surface area contributed by atoms with Crippen molar-refractivity contribution in [3.8, 4) is 11.4 Å². The van der Waals surface area contributed by atoms with Crippen LogP contribution in [0.4, 0.5) is 10.6 Å². The predicted octanol–water partition coefficient (Wildman–Crippen LogP) is 4.00. The lowest BCUT2D eigenvalue weighted by atomic mass is 10.1. The van der Waals surface area contributed by atoms with Crippen LogP contribution in [-0.2, 0) is 6.54 Å². The van der Waals surface area contributed by atoms with Crippen LogP contribution in [0.2, 0.25) is 0 Å². The molecule has 0 saturated carbocycles. The van der Waals surface area contributed by atoms with Crippen molar-refractivity contribution < 1.29 is 4.79 Å². The molecule has 7 heteroatoms. The van der Waals surface area contributed by atoms with E-state index in [9.17, 15) is 4.79 Å². The third-order valence-corrected chi connectivity index (χ3v) is 4.62. The number of rotatable bonds is 5. The van der Waals surface area contributed by atoms with Crippen LogP contribution in [-0.4, -0.2) is 25.4 Å². The average molecular weight is 386 g/mol. The molecule has 0 aliphatic heterocycles. The minimum atomic E-state index is -0.306. The van der Waals surface area contributed by atoms with Gasteiger partial charge in [-0.15, -0.1) is 5.10 Å². The highest BCUT2D eigenvalue weighted by Crippen LogP contribution is 2.16. The molecular weight excluding hydrogens is 364 g/mol. The van der Waals surface area contributed by atoms with Gasteiger partial charge >= 0.3 is 6.03 Å². The summed E-state index contributed by atoms with van der Waals surface area (Å²) in [7, 11) is 0. The van der Waals surface area contributed by atoms with Crippen molar-refractivity contribution in [2.24, 2.45) is 0 Å². The Morgan fingerprint density at radius 1 is 1.07 bits per heavy atom. The molecule has 0 radical (unpaired) electrons. The van der Waals surface area contributed by atoms with Crippen molar-refractivity contribution >= 4 is 11.8 Å². The van der Waals surface area contributed by atoms with E-state index in [-0.39, 0.29) is 6.03 Å². The second kappa shape index (κ2) is 8.02. The van der Waals surface area contributed by atoms with Gasteiger partial charge in [0.25, 0.3) is 0 Å². The molecule has 2 aromatic carbocycles. The fraction of sp³-hybridized carbons (Fsp3) is 0.136. The lowest BCUT2D eigenvalue weighted by Crippen LogP contribution is -2.28. The van der Waals surface area contributed by atoms with Gasteiger partial charge in [0.2, 0.25) is 0 Å². The molecule has 146 valence electrons. The standard InChI is InChI=1S/C22H22N6O/c1-16-7-9-19(10-8-16)28-17(2)13-21(26-28)25-22(29)24-14-18-5-3-4-6-20(18)27-12-11-23-15-27/h3-13,15H,14H2,1-2H3,(H2,24,25,26,29). The molecule has 0 unspecified atom stereocenters. The zero-order chi connectivity index (χ0) is 20.2. The monoisotopic (exact) mass is 386 g/mol. The van der Waals surface area contributed by atoms with Gasteiger partial charge in [0.15, 0.2) is 5.82 Å². The molecule has 2 N–H and O–H groups in total. The van der Waals surface area contributed by atoms with E-state index in [4.69, 9.17) is 0 Å². The Bertz CT molecular complexity index is 1110. The summed E-state index contributed by atoms with van der Waals surface area (Å²) in [6, 6.07) is 17.5. The lowest BCUT2D eigenvalue weighted by Gasteiger charge is -2.11. The van der Waals surface area contributed by atoms with Gasteiger partial charge < -0.3 is 9.88 Å². The molecule has 2 amide bonds. The molecule has 0 bridgehead atoms. The van der Waals surface area contributed by atoms with Crippen LogP contribution in [0.15, 0.2) is 73.3 Å². The van der Waals surface area contributed by atoms with E-state index in [0.717, 1.165) is 22.6 Å². The maximum atomic E-state index is 12.4. The molecule has 2 heterocycles. The maximum absolute atomic E-state index is 12.4. The second-order valence-electron chi connectivity index (χ2n) is 6.82. The van der Waals surface area contributed by atoms with Gasteiger partial charge in [-0.2, -0.15) is 0 Å². The molecule has 4 rings (SSSR count). The zero-order valence-electron chi connectivity index (χ0n) is 16.3. The fourth-order valence-electron chi connectivity index (χ4n) is 3.13. The Kier molecular flexibility index (Phi) is 5.11. The van der Waals surface area contributed by atoms with Gasteiger partial charge in [0.1, 0.15) is 0 Å². The van der Waals surface area contributed by atoms with Crippen LogP contribution in [0.25, 0.3) is 11.4 Å². The van der Waals surface area contributed by atoms with E-state index in [1.807, 2.05) is 83.9 Å². The number of aromatic nitrogens is 4. The first-order valence-corrected chi connectivity index (χ1v) is 9.35. The Hall–Kier alpha value is -3.87. The quantitative estimate of drug-likeness (QED) is 0.544. The summed E-state index contributed by atoms with van der Waals surface area (Å²) in [4.78, 5) is 16.5. The normalized spacial score (nSPS) is 10.7. The molecule has 7 nitrogen and oxygen atoms in total. The Balaban J connectivity index is 1.42. The third kappa shape index (κ3) is 4.19. The highest BCUT2D eigenvalue weighted by Gasteiger charge is 2.10. The first-order chi connectivity index (χ1) is 14.1. The number of hydrogen-bond donors (Lipinski definition) is 2. The molecule has 0 aliphatic carbocycles. The van der Waals surface area contributed by atoms with E-state index in [2.05, 4.69) is 20.7 Å². The molecule has 0 fully saturated rings. The summed E-state index contributed by atoms with van der Waals surface area (Å²) >= 11 is 0. The summed E-state index contributed by atoms with van der Waals surface area (Å²) in [5.41, 5.74) is 5.05. The minimum Gasteiger partial charge on any atom is -0.334 e. The highest BCUT2D eigenvalue weighted by atomic mass is 16.2. The van der Waals surface area contributed by atoms with Gasteiger partial charge in [0, 0.05) is 30.7 Å². The molecule has 0 aliphatic rings. The number of amides is 2. The van der Waals surface area contributed by atoms with E-state index in [1.54, 1.807) is 12.5 Å². The summed E-state index contributed by atoms with van der Waals surface area (Å²) in [6.45, 7) is 4.39. The van der Waals surface area contributed by atoms with Gasteiger partial charge in [-0.25, -0.2) is 14.5 Å². The zero-order valence-corrected chi connectivity index (χ0v) is 16.3. The van der Waals surface area contributed by atoms with E-state index >= 15 is 0 Å². The fourth-order valence-corrected chi connectivity index (χ4v) is 3.13. The number of nitrogens with zero attached hydrogens (tertiary/aromatic N) is 4. The maximum Gasteiger partial charge on any atom is 0.320 e. The lowest BCUT2D eigenvalue weighted by molar-refractivity contribution is 0.251. The van der Waals surface area contributed by atoms with Gasteiger partial charge in [-0.05, 0) is 37.6 Å². The van der Waals surface area contributed by atoms with Gasteiger partial charge in [-0.1, -0.05) is 35.9 Å². The minimum absolute atomic E-state index is 0.306. The van der Waals surface area contributed by atoms with Crippen LogP contribution in [0.1, 0.15) is 16.8 Å². The largest absolute Gasteiger partial charge is 0.334 e. The number of benzene rings is 2.